The Morgan fingerprint density at radius 2 is 1.94 bits per heavy atom. The highest BCUT2D eigenvalue weighted by Crippen LogP contribution is 2.08. The normalized spacial score (nSPS) is 12.8. The molecule has 0 fully saturated rings. The summed E-state index contributed by atoms with van der Waals surface area (Å²) in [5.74, 6) is -0.166. The molecule has 92 valence electrons. The molecule has 0 aromatic heterocycles. The minimum atomic E-state index is -0.580. The van der Waals surface area contributed by atoms with Gasteiger partial charge in [-0.25, -0.2) is 4.79 Å². The van der Waals surface area contributed by atoms with E-state index in [-0.39, 0.29) is 5.78 Å². The Labute approximate surface area is 110 Å². The largest absolute Gasteiger partial charge is 0.444 e. The standard InChI is InChI=1S/C11H18INO3/c1-7(2)9(14)8(6-12)13-10(15)16-11(3,4)5/h8H,1,6H2,2-5H3,(H,13,15)/t8-/m0/s1. The van der Waals surface area contributed by atoms with E-state index in [9.17, 15) is 9.59 Å². The molecular formula is C11H18INO3. The van der Waals surface area contributed by atoms with Crippen molar-refractivity contribution in [1.29, 1.82) is 0 Å². The van der Waals surface area contributed by atoms with Crippen LogP contribution in [-0.2, 0) is 9.53 Å². The minimum Gasteiger partial charge on any atom is -0.444 e. The second-order valence-electron chi connectivity index (χ2n) is 4.50. The lowest BCUT2D eigenvalue weighted by molar-refractivity contribution is -0.116. The Balaban J connectivity index is 4.40. The Kier molecular flexibility index (Phi) is 5.99. The molecule has 1 atom stereocenters. The molecule has 0 bridgehead atoms. The molecular weight excluding hydrogens is 321 g/mol. The van der Waals surface area contributed by atoms with E-state index in [2.05, 4.69) is 11.9 Å². The summed E-state index contributed by atoms with van der Waals surface area (Å²) < 4.78 is 5.55. The lowest BCUT2D eigenvalue weighted by Crippen LogP contribution is -2.44. The van der Waals surface area contributed by atoms with E-state index in [0.29, 0.717) is 10.0 Å². The molecule has 0 spiro atoms. The fourth-order valence-corrected chi connectivity index (χ4v) is 1.54. The molecule has 1 amide bonds. The second kappa shape index (κ2) is 6.22. The highest BCUT2D eigenvalue weighted by molar-refractivity contribution is 14.1. The third-order valence-corrected chi connectivity index (χ3v) is 2.46. The van der Waals surface area contributed by atoms with Crippen molar-refractivity contribution in [1.82, 2.24) is 5.32 Å². The maximum Gasteiger partial charge on any atom is 0.408 e. The van der Waals surface area contributed by atoms with Crippen LogP contribution >= 0.6 is 22.6 Å². The predicted molar refractivity (Wildman–Crippen MR) is 71.9 cm³/mol. The molecule has 0 saturated heterocycles. The summed E-state index contributed by atoms with van der Waals surface area (Å²) in [5.41, 5.74) is -0.135. The first-order valence-corrected chi connectivity index (χ1v) is 6.45. The predicted octanol–water partition coefficient (Wildman–Crippen LogP) is 2.46. The van der Waals surface area contributed by atoms with Crippen molar-refractivity contribution in [2.45, 2.75) is 39.3 Å². The van der Waals surface area contributed by atoms with Gasteiger partial charge in [0, 0.05) is 4.43 Å². The first-order chi connectivity index (χ1) is 7.17. The number of ketones is 1. The molecule has 0 aliphatic rings. The Hall–Kier alpha value is -0.590. The summed E-state index contributed by atoms with van der Waals surface area (Å²) in [5, 5.41) is 2.53. The SMILES string of the molecule is C=C(C)C(=O)[C@H](CI)NC(=O)OC(C)(C)C. The van der Waals surface area contributed by atoms with Crippen molar-refractivity contribution < 1.29 is 14.3 Å². The van der Waals surface area contributed by atoms with Crippen molar-refractivity contribution in [2.24, 2.45) is 0 Å². The van der Waals surface area contributed by atoms with E-state index >= 15 is 0 Å². The van der Waals surface area contributed by atoms with Crippen LogP contribution in [0.1, 0.15) is 27.7 Å². The maximum absolute atomic E-state index is 11.6. The van der Waals surface area contributed by atoms with Gasteiger partial charge >= 0.3 is 6.09 Å². The summed E-state index contributed by atoms with van der Waals surface area (Å²) in [6.07, 6.45) is -0.580. The summed E-state index contributed by atoms with van der Waals surface area (Å²) in [6, 6.07) is -0.562. The number of alkyl carbamates (subject to hydrolysis) is 1. The van der Waals surface area contributed by atoms with Gasteiger partial charge in [-0.3, -0.25) is 4.79 Å². The van der Waals surface area contributed by atoms with Gasteiger partial charge in [-0.15, -0.1) is 0 Å². The molecule has 0 aromatic rings. The highest BCUT2D eigenvalue weighted by Gasteiger charge is 2.23. The lowest BCUT2D eigenvalue weighted by atomic mass is 10.1. The zero-order valence-electron chi connectivity index (χ0n) is 10.1. The minimum absolute atomic E-state index is 0.166. The third kappa shape index (κ3) is 6.09. The molecule has 1 N–H and O–H groups in total. The number of alkyl halides is 1. The van der Waals surface area contributed by atoms with Crippen molar-refractivity contribution in [2.75, 3.05) is 4.43 Å². The Morgan fingerprint density at radius 1 is 1.44 bits per heavy atom. The zero-order chi connectivity index (χ0) is 12.9. The van der Waals surface area contributed by atoms with Gasteiger partial charge in [0.25, 0.3) is 0 Å². The van der Waals surface area contributed by atoms with Gasteiger partial charge < -0.3 is 10.1 Å². The van der Waals surface area contributed by atoms with E-state index in [0.717, 1.165) is 0 Å². The summed E-state index contributed by atoms with van der Waals surface area (Å²) in [6.45, 7) is 10.5. The van der Waals surface area contributed by atoms with Crippen LogP contribution in [0.4, 0.5) is 4.79 Å². The Morgan fingerprint density at radius 3 is 2.25 bits per heavy atom. The van der Waals surface area contributed by atoms with Crippen LogP contribution in [-0.4, -0.2) is 27.9 Å². The van der Waals surface area contributed by atoms with E-state index in [4.69, 9.17) is 4.74 Å². The van der Waals surface area contributed by atoms with Crippen LogP contribution in [0.15, 0.2) is 12.2 Å². The molecule has 0 rings (SSSR count). The molecule has 0 radical (unpaired) electrons. The summed E-state index contributed by atoms with van der Waals surface area (Å²) >= 11 is 2.04. The maximum atomic E-state index is 11.6. The lowest BCUT2D eigenvalue weighted by Gasteiger charge is -2.22. The number of amides is 1. The van der Waals surface area contributed by atoms with Gasteiger partial charge in [0.1, 0.15) is 11.6 Å². The van der Waals surface area contributed by atoms with Crippen LogP contribution in [0, 0.1) is 0 Å². The molecule has 0 saturated carbocycles. The van der Waals surface area contributed by atoms with Crippen molar-refractivity contribution in [3.8, 4) is 0 Å². The monoisotopic (exact) mass is 339 g/mol. The molecule has 0 aliphatic heterocycles. The summed E-state index contributed by atoms with van der Waals surface area (Å²) in [7, 11) is 0. The number of hydrogen-bond acceptors (Lipinski definition) is 3. The third-order valence-electron chi connectivity index (χ3n) is 1.58. The fourth-order valence-electron chi connectivity index (χ4n) is 0.921. The number of rotatable bonds is 4. The molecule has 5 heteroatoms. The van der Waals surface area contributed by atoms with Gasteiger partial charge in [0.05, 0.1) is 0 Å². The number of Topliss-reactive ketones (excluding diaryl/α,β-unsaturated/α-hetero) is 1. The molecule has 0 aromatic carbocycles. The average Bonchev–Trinajstić information content (AvgIpc) is 2.09. The van der Waals surface area contributed by atoms with Crippen molar-refractivity contribution in [3.63, 3.8) is 0 Å². The number of carbonyl (C=O) groups is 2. The van der Waals surface area contributed by atoms with Crippen LogP contribution in [0.2, 0.25) is 0 Å². The van der Waals surface area contributed by atoms with Crippen LogP contribution in [0.25, 0.3) is 0 Å². The molecule has 16 heavy (non-hydrogen) atoms. The second-order valence-corrected chi connectivity index (χ2v) is 5.38. The molecule has 0 aliphatic carbocycles. The Bertz CT molecular complexity index is 294. The molecule has 0 heterocycles. The zero-order valence-corrected chi connectivity index (χ0v) is 12.3. The molecule has 4 nitrogen and oxygen atoms in total. The van der Waals surface area contributed by atoms with E-state index in [1.54, 1.807) is 27.7 Å². The van der Waals surface area contributed by atoms with E-state index in [1.807, 2.05) is 22.6 Å². The van der Waals surface area contributed by atoms with Gasteiger partial charge in [0.15, 0.2) is 5.78 Å². The number of carbonyl (C=O) groups excluding carboxylic acids is 2. The number of nitrogens with one attached hydrogen (secondary N) is 1. The van der Waals surface area contributed by atoms with Crippen LogP contribution in [0.5, 0.6) is 0 Å². The van der Waals surface area contributed by atoms with Crippen molar-refractivity contribution in [3.05, 3.63) is 12.2 Å². The van der Waals surface area contributed by atoms with Crippen molar-refractivity contribution >= 4 is 34.5 Å². The topological polar surface area (TPSA) is 55.4 Å². The van der Waals surface area contributed by atoms with Crippen LogP contribution < -0.4 is 5.32 Å². The van der Waals surface area contributed by atoms with E-state index in [1.165, 1.54) is 0 Å². The first-order valence-electron chi connectivity index (χ1n) is 4.92. The van der Waals surface area contributed by atoms with Gasteiger partial charge in [-0.1, -0.05) is 29.2 Å². The van der Waals surface area contributed by atoms with Gasteiger partial charge in [-0.05, 0) is 33.3 Å². The van der Waals surface area contributed by atoms with Gasteiger partial charge in [-0.2, -0.15) is 0 Å². The quantitative estimate of drug-likeness (QED) is 0.486. The average molecular weight is 339 g/mol. The van der Waals surface area contributed by atoms with Gasteiger partial charge in [0.2, 0.25) is 0 Å². The number of ether oxygens (including phenoxy) is 1. The number of halogens is 1. The summed E-state index contributed by atoms with van der Waals surface area (Å²) in [4.78, 5) is 23.0. The fraction of sp³-hybridized carbons (Fsp3) is 0.636. The molecule has 0 unspecified atom stereocenters. The highest BCUT2D eigenvalue weighted by atomic mass is 127. The van der Waals surface area contributed by atoms with E-state index < -0.39 is 17.7 Å². The smallest absolute Gasteiger partial charge is 0.408 e. The first kappa shape index (κ1) is 15.4. The number of hydrogen-bond donors (Lipinski definition) is 1. The van der Waals surface area contributed by atoms with Crippen LogP contribution in [0.3, 0.4) is 0 Å².